The van der Waals surface area contributed by atoms with E-state index in [2.05, 4.69) is 155 Å². The van der Waals surface area contributed by atoms with E-state index >= 15 is 0 Å². The van der Waals surface area contributed by atoms with Crippen LogP contribution in [0.2, 0.25) is 0 Å². The van der Waals surface area contributed by atoms with Crippen molar-refractivity contribution in [2.75, 3.05) is 0 Å². The topological polar surface area (TPSA) is 54.0 Å². The van der Waals surface area contributed by atoms with E-state index in [-0.39, 0.29) is 0 Å². The molecule has 4 aromatic carbocycles. The van der Waals surface area contributed by atoms with Gasteiger partial charge >= 0.3 is 27.0 Å². The van der Waals surface area contributed by atoms with E-state index in [1.807, 2.05) is 41.6 Å². The monoisotopic (exact) mass is 750 g/mol. The Hall–Kier alpha value is -5.61. The molecule has 9 rings (SSSR count). The van der Waals surface area contributed by atoms with E-state index < -0.39 is 0 Å². The third-order valence-electron chi connectivity index (χ3n) is 8.86. The fourth-order valence-electron chi connectivity index (χ4n) is 6.69. The van der Waals surface area contributed by atoms with Gasteiger partial charge in [0.15, 0.2) is 0 Å². The third-order valence-corrected chi connectivity index (χ3v) is 8.86. The zero-order chi connectivity index (χ0) is 33.9. The molecule has 0 saturated carbocycles. The SMILES string of the molecule is C1=Cc2nc1c(-c1ccccc1)c1ccc([n-]1)c(-c1ccccc1)c1nc(c(-c3ccccc3)c3ccc([n-]3)c2-c2ccccc2)C=C1.[Cl][Rh+2]. The molecule has 6 heteroatoms. The molecule has 0 spiro atoms. The minimum atomic E-state index is 0.861. The van der Waals surface area contributed by atoms with Crippen LogP contribution < -0.4 is 9.97 Å². The first-order chi connectivity index (χ1) is 24.8. The van der Waals surface area contributed by atoms with Gasteiger partial charge in [0, 0.05) is 0 Å². The second-order valence-electron chi connectivity index (χ2n) is 11.8. The van der Waals surface area contributed by atoms with Gasteiger partial charge in [-0.3, -0.25) is 0 Å². The van der Waals surface area contributed by atoms with Crippen molar-refractivity contribution in [3.05, 3.63) is 168 Å². The van der Waals surface area contributed by atoms with E-state index in [0.717, 1.165) is 89.4 Å². The molecule has 0 radical (unpaired) electrons. The Balaban J connectivity index is 0.00000177. The van der Waals surface area contributed by atoms with Crippen LogP contribution in [-0.4, -0.2) is 9.97 Å². The number of fused-ring (bicyclic) bond motifs is 8. The molecular weight excluding hydrogens is 723 g/mol. The molecule has 7 aromatic rings. The van der Waals surface area contributed by atoms with Crippen LogP contribution in [-0.2, 0) is 17.3 Å². The Kier molecular flexibility index (Phi) is 8.92. The van der Waals surface area contributed by atoms with Gasteiger partial charge in [-0.1, -0.05) is 146 Å². The van der Waals surface area contributed by atoms with Crippen LogP contribution in [0.1, 0.15) is 22.8 Å². The average molecular weight is 751 g/mol. The van der Waals surface area contributed by atoms with E-state index in [4.69, 9.17) is 19.9 Å². The predicted molar refractivity (Wildman–Crippen MR) is 204 cm³/mol. The Labute approximate surface area is 304 Å². The van der Waals surface area contributed by atoms with Gasteiger partial charge < -0.3 is 9.97 Å². The van der Waals surface area contributed by atoms with Crippen LogP contribution in [0.3, 0.4) is 0 Å². The van der Waals surface area contributed by atoms with E-state index in [0.29, 0.717) is 0 Å². The number of nitrogens with zero attached hydrogens (tertiary/aromatic N) is 4. The molecular formula is C44H28ClN4Rh. The van der Waals surface area contributed by atoms with Gasteiger partial charge in [0.25, 0.3) is 0 Å². The van der Waals surface area contributed by atoms with Crippen molar-refractivity contribution >= 4 is 56.1 Å². The van der Waals surface area contributed by atoms with Gasteiger partial charge in [-0.2, -0.15) is 0 Å². The van der Waals surface area contributed by atoms with Crippen molar-refractivity contribution in [3.63, 3.8) is 0 Å². The number of hydrogen-bond acceptors (Lipinski definition) is 2. The summed E-state index contributed by atoms with van der Waals surface area (Å²) in [5.41, 5.74) is 15.0. The van der Waals surface area contributed by atoms with E-state index in [9.17, 15) is 0 Å². The number of rotatable bonds is 4. The van der Waals surface area contributed by atoms with Crippen molar-refractivity contribution in [1.82, 2.24) is 19.9 Å². The summed E-state index contributed by atoms with van der Waals surface area (Å²) in [6, 6.07) is 50.0. The number of halogens is 1. The van der Waals surface area contributed by atoms with Crippen LogP contribution >= 0.6 is 9.69 Å². The summed E-state index contributed by atoms with van der Waals surface area (Å²) in [5.74, 6) is 0. The number of aromatic nitrogens is 4. The fraction of sp³-hybridized carbons (Fsp3) is 0. The molecule has 0 aliphatic carbocycles. The first-order valence-electron chi connectivity index (χ1n) is 16.2. The standard InChI is InChI=1S/C44H28N4.ClH.Rh/c1-5-13-29(14-6-1)41-33-21-23-35(45-33)42(30-15-7-2-8-16-30)37-25-27-39(47-37)44(32-19-11-4-12-20-32)40-28-26-38(48-40)43(31-17-9-3-10-18-31)36-24-22-34(41)46-36;;/h1-28H;1H;/q-2;;+3/p-1. The number of benzene rings is 4. The minimum absolute atomic E-state index is 0.861. The Morgan fingerprint density at radius 2 is 0.540 bits per heavy atom. The van der Waals surface area contributed by atoms with Gasteiger partial charge in [-0.05, 0) is 68.8 Å². The molecule has 8 bridgehead atoms. The van der Waals surface area contributed by atoms with Crippen molar-refractivity contribution in [1.29, 1.82) is 0 Å². The first kappa shape index (κ1) is 31.6. The summed E-state index contributed by atoms with van der Waals surface area (Å²) < 4.78 is 0. The zero-order valence-electron chi connectivity index (χ0n) is 26.7. The van der Waals surface area contributed by atoms with Gasteiger partial charge in [0.05, 0.1) is 22.8 Å². The van der Waals surface area contributed by atoms with E-state index in [1.165, 1.54) is 0 Å². The molecule has 0 saturated heterocycles. The van der Waals surface area contributed by atoms with Crippen molar-refractivity contribution in [2.45, 2.75) is 0 Å². The van der Waals surface area contributed by atoms with Crippen LogP contribution in [0.15, 0.2) is 146 Å². The van der Waals surface area contributed by atoms with Crippen LogP contribution in [0.25, 0.3) is 90.9 Å². The third kappa shape index (κ3) is 5.96. The van der Waals surface area contributed by atoms with E-state index in [1.54, 1.807) is 0 Å². The molecule has 5 heterocycles. The van der Waals surface area contributed by atoms with Crippen LogP contribution in [0.4, 0.5) is 0 Å². The maximum atomic E-state index is 5.31. The summed E-state index contributed by atoms with van der Waals surface area (Å²) >= 11 is 2.02. The number of hydrogen-bond donors (Lipinski definition) is 0. The second-order valence-corrected chi connectivity index (χ2v) is 11.8. The van der Waals surface area contributed by atoms with Gasteiger partial charge in [0.1, 0.15) is 0 Å². The zero-order valence-corrected chi connectivity index (χ0v) is 29.1. The van der Waals surface area contributed by atoms with Crippen LogP contribution in [0, 0.1) is 0 Å². The van der Waals surface area contributed by atoms with Crippen molar-refractivity contribution in [3.8, 4) is 44.5 Å². The summed E-state index contributed by atoms with van der Waals surface area (Å²) in [6.45, 7) is 0. The molecule has 0 N–H and O–H groups in total. The Morgan fingerprint density at radius 3 is 0.760 bits per heavy atom. The van der Waals surface area contributed by atoms with Gasteiger partial charge in [-0.15, -0.1) is 22.1 Å². The molecule has 50 heavy (non-hydrogen) atoms. The molecule has 4 nitrogen and oxygen atoms in total. The summed E-state index contributed by atoms with van der Waals surface area (Å²) in [6.07, 6.45) is 8.41. The molecule has 240 valence electrons. The quantitative estimate of drug-likeness (QED) is 0.168. The molecule has 2 aliphatic rings. The molecule has 3 aromatic heterocycles. The predicted octanol–water partition coefficient (Wildman–Crippen LogP) is 11.3. The second kappa shape index (κ2) is 14.1. The molecule has 0 atom stereocenters. The molecule has 2 aliphatic heterocycles. The summed E-state index contributed by atoms with van der Waals surface area (Å²) in [5, 5.41) is 0. The molecule has 0 amide bonds. The summed E-state index contributed by atoms with van der Waals surface area (Å²) in [7, 11) is 4.53. The van der Waals surface area contributed by atoms with Crippen molar-refractivity contribution < 1.29 is 17.3 Å². The average Bonchev–Trinajstić information content (AvgIpc) is 4.02. The Bertz CT molecular complexity index is 2190. The van der Waals surface area contributed by atoms with Gasteiger partial charge in [0.2, 0.25) is 0 Å². The summed E-state index contributed by atoms with van der Waals surface area (Å²) in [4.78, 5) is 21.2. The fourth-order valence-corrected chi connectivity index (χ4v) is 6.69. The Morgan fingerprint density at radius 1 is 0.320 bits per heavy atom. The first-order valence-corrected chi connectivity index (χ1v) is 18.3. The molecule has 0 fully saturated rings. The normalized spacial score (nSPS) is 11.6. The van der Waals surface area contributed by atoms with Crippen LogP contribution in [0.5, 0.6) is 0 Å². The van der Waals surface area contributed by atoms with Crippen molar-refractivity contribution in [2.24, 2.45) is 0 Å². The van der Waals surface area contributed by atoms with Gasteiger partial charge in [-0.25, -0.2) is 9.97 Å². The molecule has 0 unspecified atom stereocenters. The maximum absolute atomic E-state index is 5.31.